The fraction of sp³-hybridized carbons (Fsp3) is 0.0189. The summed E-state index contributed by atoms with van der Waals surface area (Å²) in [5.41, 5.74) is 11.2. The number of fused-ring (bicyclic) bond motifs is 8. The van der Waals surface area contributed by atoms with E-state index in [-0.39, 0.29) is 0 Å². The minimum Gasteiger partial charge on any atom is -0.310 e. The number of aryl methyl sites for hydroxylation is 1. The first-order valence-electron chi connectivity index (χ1n) is 19.1. The summed E-state index contributed by atoms with van der Waals surface area (Å²) in [5, 5.41) is 28.4. The van der Waals surface area contributed by atoms with Crippen molar-refractivity contribution >= 4 is 77.5 Å². The zero-order chi connectivity index (χ0) is 39.3. The zero-order valence-corrected chi connectivity index (χ0v) is 31.6. The van der Waals surface area contributed by atoms with Gasteiger partial charge in [-0.3, -0.25) is 0 Å². The maximum Gasteiger partial charge on any atom is 0.101 e. The van der Waals surface area contributed by atoms with Crippen molar-refractivity contribution in [3.8, 4) is 35.9 Å². The lowest BCUT2D eigenvalue weighted by molar-refractivity contribution is 1.12. The SMILES string of the molecule is C#C/C=C\c1ccc2c(c1C)c1ccccc1n2-c1cc(C#N)c(-n2c3ccc(N(c4ccccc4)c4ccccc4)cc3c3c4ccccc4ccc32)cc1C#N. The van der Waals surface area contributed by atoms with Crippen molar-refractivity contribution in [3.63, 3.8) is 0 Å². The van der Waals surface area contributed by atoms with E-state index < -0.39 is 0 Å². The average Bonchev–Trinajstić information content (AvgIpc) is 3.79. The molecule has 8 aromatic carbocycles. The molecule has 0 bridgehead atoms. The molecule has 5 nitrogen and oxygen atoms in total. The molecule has 2 aromatic heterocycles. The third-order valence-electron chi connectivity index (χ3n) is 11.3. The topological polar surface area (TPSA) is 60.7 Å². The van der Waals surface area contributed by atoms with Crippen molar-refractivity contribution in [3.05, 3.63) is 192 Å². The van der Waals surface area contributed by atoms with Crippen LogP contribution in [0.4, 0.5) is 17.1 Å². The summed E-state index contributed by atoms with van der Waals surface area (Å²) in [5.74, 6) is 2.60. The number of terminal acetylenes is 1. The lowest BCUT2D eigenvalue weighted by Gasteiger charge is -2.25. The van der Waals surface area contributed by atoms with Gasteiger partial charge in [-0.15, -0.1) is 6.42 Å². The Balaban J connectivity index is 1.25. The fourth-order valence-electron chi connectivity index (χ4n) is 8.73. The van der Waals surface area contributed by atoms with Crippen molar-refractivity contribution in [2.75, 3.05) is 4.90 Å². The van der Waals surface area contributed by atoms with Gasteiger partial charge in [0.1, 0.15) is 12.1 Å². The summed E-state index contributed by atoms with van der Waals surface area (Å²) in [7, 11) is 0. The molecule has 5 heteroatoms. The van der Waals surface area contributed by atoms with Crippen LogP contribution in [0.15, 0.2) is 170 Å². The Hall–Kier alpha value is -8.30. The predicted molar refractivity (Wildman–Crippen MR) is 239 cm³/mol. The molecule has 2 heterocycles. The number of nitriles is 2. The van der Waals surface area contributed by atoms with E-state index in [1.165, 1.54) is 0 Å². The smallest absolute Gasteiger partial charge is 0.101 e. The predicted octanol–water partition coefficient (Wildman–Crippen LogP) is 13.2. The largest absolute Gasteiger partial charge is 0.310 e. The summed E-state index contributed by atoms with van der Waals surface area (Å²) in [6.45, 7) is 2.10. The Bertz CT molecular complexity index is 3400. The van der Waals surface area contributed by atoms with Crippen LogP contribution < -0.4 is 4.90 Å². The quantitative estimate of drug-likeness (QED) is 0.160. The zero-order valence-electron chi connectivity index (χ0n) is 31.6. The van der Waals surface area contributed by atoms with E-state index >= 15 is 0 Å². The van der Waals surface area contributed by atoms with Crippen molar-refractivity contribution in [1.29, 1.82) is 10.5 Å². The lowest BCUT2D eigenvalue weighted by Crippen LogP contribution is -2.09. The van der Waals surface area contributed by atoms with E-state index in [0.29, 0.717) is 22.5 Å². The number of rotatable bonds is 6. The molecule has 10 aromatic rings. The van der Waals surface area contributed by atoms with Gasteiger partial charge >= 0.3 is 0 Å². The number of allylic oxidation sites excluding steroid dienone is 1. The van der Waals surface area contributed by atoms with Crippen molar-refractivity contribution in [1.82, 2.24) is 9.13 Å². The van der Waals surface area contributed by atoms with E-state index in [1.54, 1.807) is 6.08 Å². The minimum absolute atomic E-state index is 0.455. The first kappa shape index (κ1) is 34.2. The van der Waals surface area contributed by atoms with Gasteiger partial charge in [0.05, 0.1) is 44.6 Å². The average molecular weight is 740 g/mol. The van der Waals surface area contributed by atoms with E-state index in [2.05, 4.69) is 166 Å². The summed E-state index contributed by atoms with van der Waals surface area (Å²) in [6, 6.07) is 61.1. The number of hydrogen-bond acceptors (Lipinski definition) is 3. The van der Waals surface area contributed by atoms with Crippen LogP contribution in [-0.2, 0) is 0 Å². The molecule has 0 aliphatic heterocycles. The molecule has 0 atom stereocenters. The first-order valence-corrected chi connectivity index (χ1v) is 19.1. The third kappa shape index (κ3) is 5.25. The Morgan fingerprint density at radius 1 is 0.517 bits per heavy atom. The molecule has 0 unspecified atom stereocenters. The number of anilines is 3. The van der Waals surface area contributed by atoms with Gasteiger partial charge in [0.2, 0.25) is 0 Å². The molecule has 0 saturated carbocycles. The number of hydrogen-bond donors (Lipinski definition) is 0. The minimum atomic E-state index is 0.455. The van der Waals surface area contributed by atoms with Crippen LogP contribution in [0, 0.1) is 41.9 Å². The number of benzene rings is 8. The molecule has 58 heavy (non-hydrogen) atoms. The molecule has 0 aliphatic rings. The number of aromatic nitrogens is 2. The van der Waals surface area contributed by atoms with Gasteiger partial charge in [0, 0.05) is 38.6 Å². The highest BCUT2D eigenvalue weighted by Crippen LogP contribution is 2.43. The lowest BCUT2D eigenvalue weighted by atomic mass is 10.0. The van der Waals surface area contributed by atoms with Crippen LogP contribution in [0.2, 0.25) is 0 Å². The molecule has 0 aliphatic carbocycles. The summed E-state index contributed by atoms with van der Waals surface area (Å²) < 4.78 is 4.27. The highest BCUT2D eigenvalue weighted by molar-refractivity contribution is 6.22. The van der Waals surface area contributed by atoms with Gasteiger partial charge in [-0.2, -0.15) is 10.5 Å². The van der Waals surface area contributed by atoms with Gasteiger partial charge < -0.3 is 14.0 Å². The fourth-order valence-corrected chi connectivity index (χ4v) is 8.73. The summed E-state index contributed by atoms with van der Waals surface area (Å²) in [6.07, 6.45) is 9.22. The Labute approximate surface area is 335 Å². The molecule has 0 N–H and O–H groups in total. The molecule has 0 radical (unpaired) electrons. The molecule has 270 valence electrons. The molecule has 10 rings (SSSR count). The second-order valence-corrected chi connectivity index (χ2v) is 14.4. The van der Waals surface area contributed by atoms with E-state index in [9.17, 15) is 10.5 Å². The Morgan fingerprint density at radius 3 is 1.72 bits per heavy atom. The Kier molecular flexibility index (Phi) is 8.12. The normalized spacial score (nSPS) is 11.4. The maximum atomic E-state index is 11.0. The van der Waals surface area contributed by atoms with Crippen molar-refractivity contribution in [2.24, 2.45) is 0 Å². The third-order valence-corrected chi connectivity index (χ3v) is 11.3. The highest BCUT2D eigenvalue weighted by Gasteiger charge is 2.23. The molecule has 0 saturated heterocycles. The maximum absolute atomic E-state index is 11.0. The first-order chi connectivity index (χ1) is 28.6. The van der Waals surface area contributed by atoms with E-state index in [4.69, 9.17) is 6.42 Å². The van der Waals surface area contributed by atoms with Gasteiger partial charge in [0.25, 0.3) is 0 Å². The second kappa shape index (κ2) is 13.8. The van der Waals surface area contributed by atoms with Crippen LogP contribution >= 0.6 is 0 Å². The summed E-state index contributed by atoms with van der Waals surface area (Å²) >= 11 is 0. The monoisotopic (exact) mass is 739 g/mol. The van der Waals surface area contributed by atoms with E-state index in [1.807, 2.05) is 42.5 Å². The van der Waals surface area contributed by atoms with Crippen LogP contribution in [0.3, 0.4) is 0 Å². The highest BCUT2D eigenvalue weighted by atomic mass is 15.1. The number of para-hydroxylation sites is 3. The van der Waals surface area contributed by atoms with Crippen LogP contribution in [-0.4, -0.2) is 9.13 Å². The van der Waals surface area contributed by atoms with Crippen LogP contribution in [0.5, 0.6) is 0 Å². The van der Waals surface area contributed by atoms with Gasteiger partial charge in [-0.25, -0.2) is 0 Å². The molecule has 0 spiro atoms. The van der Waals surface area contributed by atoms with Crippen molar-refractivity contribution in [2.45, 2.75) is 6.92 Å². The van der Waals surface area contributed by atoms with Gasteiger partial charge in [-0.05, 0) is 114 Å². The van der Waals surface area contributed by atoms with Crippen LogP contribution in [0.1, 0.15) is 22.3 Å². The van der Waals surface area contributed by atoms with Gasteiger partial charge in [0.15, 0.2) is 0 Å². The Morgan fingerprint density at radius 2 is 1.07 bits per heavy atom. The second-order valence-electron chi connectivity index (χ2n) is 14.4. The molecular weight excluding hydrogens is 707 g/mol. The molecular formula is C53H33N5. The van der Waals surface area contributed by atoms with E-state index in [0.717, 1.165) is 82.6 Å². The number of nitrogens with zero attached hydrogens (tertiary/aromatic N) is 5. The standard InChI is InChI=1S/C53H33N5/c1-3-4-15-36-24-27-48-52(35(36)2)44-22-13-14-23-46(44)57(48)50-30-39(34-55)51(31-38(50)33-54)58-47-29-26-42(56(40-17-7-5-8-18-40)41-19-9-6-10-20-41)32-45(47)53-43-21-12-11-16-37(43)25-28-49(53)58/h1,4-32H,2H3/b15-4-. The summed E-state index contributed by atoms with van der Waals surface area (Å²) in [4.78, 5) is 2.26. The molecule has 0 fully saturated rings. The van der Waals surface area contributed by atoms with Crippen molar-refractivity contribution < 1.29 is 0 Å². The molecule has 0 amide bonds. The van der Waals surface area contributed by atoms with Gasteiger partial charge in [-0.1, -0.05) is 96.9 Å². The van der Waals surface area contributed by atoms with Crippen LogP contribution in [0.25, 0.3) is 71.8 Å².